The maximum Gasteiger partial charge on any atom is 0.358 e. The lowest BCUT2D eigenvalue weighted by atomic mass is 10.2. The van der Waals surface area contributed by atoms with E-state index in [1.807, 2.05) is 0 Å². The maximum absolute atomic E-state index is 11.4. The molecule has 16 heavy (non-hydrogen) atoms. The van der Waals surface area contributed by atoms with E-state index < -0.39 is 17.5 Å². The summed E-state index contributed by atoms with van der Waals surface area (Å²) in [6.45, 7) is 0. The molecular weight excluding hydrogens is 218 g/mol. The molecule has 0 saturated carbocycles. The van der Waals surface area contributed by atoms with Crippen LogP contribution in [0.5, 0.6) is 0 Å². The van der Waals surface area contributed by atoms with E-state index in [9.17, 15) is 19.6 Å². The van der Waals surface area contributed by atoms with Crippen molar-refractivity contribution < 1.29 is 24.3 Å². The highest BCUT2D eigenvalue weighted by atomic mass is 16.5. The number of esters is 2. The third kappa shape index (κ3) is 1.88. The summed E-state index contributed by atoms with van der Waals surface area (Å²) in [5, 5.41) is 9.32. The Labute approximate surface area is 89.8 Å². The van der Waals surface area contributed by atoms with Crippen molar-refractivity contribution in [3.63, 3.8) is 0 Å². The molecule has 1 heterocycles. The normalized spacial score (nSPS) is 9.62. The summed E-state index contributed by atoms with van der Waals surface area (Å²) in [5.74, 6) is -1.79. The molecular formula is C9H9NO6. The van der Waals surface area contributed by atoms with Crippen LogP contribution in [0.25, 0.3) is 0 Å². The molecule has 0 spiro atoms. The smallest absolute Gasteiger partial charge is 0.358 e. The molecule has 0 atom stereocenters. The minimum Gasteiger partial charge on any atom is -0.465 e. The van der Waals surface area contributed by atoms with Crippen LogP contribution in [0.4, 0.5) is 0 Å². The number of carbonyl (C=O) groups is 2. The van der Waals surface area contributed by atoms with Crippen molar-refractivity contribution in [1.82, 2.24) is 4.73 Å². The summed E-state index contributed by atoms with van der Waals surface area (Å²) in [7, 11) is 2.19. The Morgan fingerprint density at radius 1 is 1.19 bits per heavy atom. The third-order valence-corrected chi connectivity index (χ3v) is 1.86. The van der Waals surface area contributed by atoms with Crippen LogP contribution in [-0.2, 0) is 9.47 Å². The van der Waals surface area contributed by atoms with Crippen LogP contribution in [0.2, 0.25) is 0 Å². The summed E-state index contributed by atoms with van der Waals surface area (Å²) < 4.78 is 8.68. The maximum atomic E-state index is 11.4. The van der Waals surface area contributed by atoms with Crippen molar-refractivity contribution in [2.45, 2.75) is 0 Å². The lowest BCUT2D eigenvalue weighted by molar-refractivity contribution is 0.0523. The second-order valence-corrected chi connectivity index (χ2v) is 2.73. The Morgan fingerprint density at radius 3 is 2.25 bits per heavy atom. The van der Waals surface area contributed by atoms with Gasteiger partial charge in [0.25, 0.3) is 5.56 Å². The van der Waals surface area contributed by atoms with Crippen molar-refractivity contribution in [2.75, 3.05) is 14.2 Å². The zero-order valence-electron chi connectivity index (χ0n) is 8.59. The Hall–Kier alpha value is -2.31. The first-order valence-corrected chi connectivity index (χ1v) is 4.15. The average molecular weight is 227 g/mol. The fourth-order valence-electron chi connectivity index (χ4n) is 1.05. The molecule has 0 aliphatic carbocycles. The summed E-state index contributed by atoms with van der Waals surface area (Å²) in [6, 6.07) is 2.16. The molecule has 1 rings (SSSR count). The minimum absolute atomic E-state index is 0.0398. The Kier molecular flexibility index (Phi) is 3.29. The van der Waals surface area contributed by atoms with Crippen LogP contribution in [0.15, 0.2) is 16.9 Å². The number of methoxy groups -OCH3 is 2. The van der Waals surface area contributed by atoms with Crippen LogP contribution >= 0.6 is 0 Å². The molecule has 0 aliphatic rings. The predicted octanol–water partition coefficient (Wildman–Crippen LogP) is -0.341. The average Bonchev–Trinajstić information content (AvgIpc) is 2.30. The van der Waals surface area contributed by atoms with Crippen molar-refractivity contribution in [3.05, 3.63) is 33.7 Å². The van der Waals surface area contributed by atoms with Crippen molar-refractivity contribution in [3.8, 4) is 0 Å². The van der Waals surface area contributed by atoms with Gasteiger partial charge in [-0.25, -0.2) is 9.59 Å². The first-order chi connectivity index (χ1) is 7.52. The van der Waals surface area contributed by atoms with E-state index in [1.54, 1.807) is 0 Å². The number of nitrogens with zero attached hydrogens (tertiary/aromatic N) is 1. The topological polar surface area (TPSA) is 94.8 Å². The summed E-state index contributed by atoms with van der Waals surface area (Å²) in [5.41, 5.74) is -1.80. The summed E-state index contributed by atoms with van der Waals surface area (Å²) >= 11 is 0. The molecule has 1 aromatic rings. The van der Waals surface area contributed by atoms with Gasteiger partial charge in [0.15, 0.2) is 5.69 Å². The van der Waals surface area contributed by atoms with Gasteiger partial charge >= 0.3 is 11.9 Å². The highest BCUT2D eigenvalue weighted by Gasteiger charge is 2.18. The zero-order valence-corrected chi connectivity index (χ0v) is 8.59. The number of ether oxygens (including phenoxy) is 2. The Balaban J connectivity index is 3.35. The fraction of sp³-hybridized carbons (Fsp3) is 0.222. The number of hydrogen-bond donors (Lipinski definition) is 1. The summed E-state index contributed by atoms with van der Waals surface area (Å²) in [4.78, 5) is 33.6. The number of rotatable bonds is 2. The minimum atomic E-state index is -1.05. The highest BCUT2D eigenvalue weighted by molar-refractivity contribution is 5.91. The van der Waals surface area contributed by atoms with Gasteiger partial charge in [0.05, 0.1) is 14.2 Å². The van der Waals surface area contributed by atoms with E-state index in [1.165, 1.54) is 0 Å². The third-order valence-electron chi connectivity index (χ3n) is 1.86. The van der Waals surface area contributed by atoms with Gasteiger partial charge in [-0.15, -0.1) is 4.73 Å². The molecule has 0 saturated heterocycles. The van der Waals surface area contributed by atoms with Gasteiger partial charge in [0, 0.05) is 0 Å². The molecule has 0 fully saturated rings. The summed E-state index contributed by atoms with van der Waals surface area (Å²) in [6.07, 6.45) is 0. The van der Waals surface area contributed by atoms with Gasteiger partial charge in [-0.05, 0) is 12.1 Å². The standard InChI is InChI=1S/C9H9NO6/c1-15-8(12)5-3-4-6(9(13)16-2)10(14)7(5)11/h3-4,14H,1-2H3. The number of carbonyl (C=O) groups excluding carboxylic acids is 2. The highest BCUT2D eigenvalue weighted by Crippen LogP contribution is 2.01. The molecule has 0 bridgehead atoms. The quantitative estimate of drug-likeness (QED) is 0.548. The second-order valence-electron chi connectivity index (χ2n) is 2.73. The van der Waals surface area contributed by atoms with Crippen molar-refractivity contribution >= 4 is 11.9 Å². The van der Waals surface area contributed by atoms with Crippen molar-refractivity contribution in [1.29, 1.82) is 0 Å². The van der Waals surface area contributed by atoms with Gasteiger partial charge in [-0.1, -0.05) is 0 Å². The first kappa shape index (κ1) is 11.8. The van der Waals surface area contributed by atoms with E-state index in [4.69, 9.17) is 0 Å². The lowest BCUT2D eigenvalue weighted by Gasteiger charge is -2.05. The molecule has 0 aromatic carbocycles. The predicted molar refractivity (Wildman–Crippen MR) is 50.6 cm³/mol. The van der Waals surface area contributed by atoms with E-state index in [0.29, 0.717) is 0 Å². The number of hydrogen-bond acceptors (Lipinski definition) is 6. The second kappa shape index (κ2) is 4.47. The molecule has 0 aliphatic heterocycles. The molecule has 0 amide bonds. The fourth-order valence-corrected chi connectivity index (χ4v) is 1.05. The molecule has 1 aromatic heterocycles. The van der Waals surface area contributed by atoms with Gasteiger partial charge in [0.1, 0.15) is 5.56 Å². The van der Waals surface area contributed by atoms with E-state index in [0.717, 1.165) is 26.4 Å². The van der Waals surface area contributed by atoms with E-state index in [-0.39, 0.29) is 16.0 Å². The molecule has 1 N–H and O–H groups in total. The zero-order chi connectivity index (χ0) is 12.3. The SMILES string of the molecule is COC(=O)c1ccc(C(=O)OC)n(O)c1=O. The lowest BCUT2D eigenvalue weighted by Crippen LogP contribution is -2.29. The van der Waals surface area contributed by atoms with Gasteiger partial charge in [-0.3, -0.25) is 4.79 Å². The first-order valence-electron chi connectivity index (χ1n) is 4.15. The van der Waals surface area contributed by atoms with Crippen LogP contribution in [0, 0.1) is 0 Å². The molecule has 0 unspecified atom stereocenters. The van der Waals surface area contributed by atoms with Crippen LogP contribution in [0.1, 0.15) is 20.8 Å². The van der Waals surface area contributed by atoms with E-state index in [2.05, 4.69) is 9.47 Å². The Morgan fingerprint density at radius 2 is 1.75 bits per heavy atom. The van der Waals surface area contributed by atoms with Gasteiger partial charge in [-0.2, -0.15) is 0 Å². The number of aromatic nitrogens is 1. The monoisotopic (exact) mass is 227 g/mol. The van der Waals surface area contributed by atoms with Crippen LogP contribution in [0.3, 0.4) is 0 Å². The van der Waals surface area contributed by atoms with Crippen LogP contribution in [-0.4, -0.2) is 36.1 Å². The van der Waals surface area contributed by atoms with Crippen molar-refractivity contribution in [2.24, 2.45) is 0 Å². The van der Waals surface area contributed by atoms with Gasteiger partial charge in [0.2, 0.25) is 0 Å². The molecule has 7 heteroatoms. The Bertz CT molecular complexity index is 489. The molecule has 86 valence electrons. The van der Waals surface area contributed by atoms with Crippen LogP contribution < -0.4 is 5.56 Å². The van der Waals surface area contributed by atoms with E-state index >= 15 is 0 Å². The molecule has 7 nitrogen and oxygen atoms in total. The number of pyridine rings is 1. The largest absolute Gasteiger partial charge is 0.465 e. The van der Waals surface area contributed by atoms with Gasteiger partial charge < -0.3 is 14.7 Å². The molecule has 0 radical (unpaired) electrons.